The fourth-order valence-corrected chi connectivity index (χ4v) is 3.10. The number of rotatable bonds is 5. The number of amides is 1. The summed E-state index contributed by atoms with van der Waals surface area (Å²) in [7, 11) is 0. The Kier molecular flexibility index (Phi) is 6.20. The van der Waals surface area contributed by atoms with Gasteiger partial charge in [-0.15, -0.1) is 11.3 Å². The number of piperidine rings is 1. The third-order valence-corrected chi connectivity index (χ3v) is 4.33. The fourth-order valence-electron chi connectivity index (χ4n) is 2.57. The van der Waals surface area contributed by atoms with E-state index in [1.807, 2.05) is 37.4 Å². The Morgan fingerprint density at radius 2 is 2.27 bits per heavy atom. The van der Waals surface area contributed by atoms with Crippen LogP contribution in [0.5, 0.6) is 0 Å². The van der Waals surface area contributed by atoms with Crippen molar-refractivity contribution in [3.05, 3.63) is 16.6 Å². The molecule has 1 amide bonds. The van der Waals surface area contributed by atoms with Crippen LogP contribution in [0, 0.1) is 0 Å². The molecule has 1 aromatic rings. The minimum atomic E-state index is -0.443. The van der Waals surface area contributed by atoms with E-state index in [1.165, 1.54) is 6.42 Å². The van der Waals surface area contributed by atoms with Gasteiger partial charge in [0, 0.05) is 25.4 Å². The molecular formula is C16H26N2O3S. The van der Waals surface area contributed by atoms with Gasteiger partial charge in [0.05, 0.1) is 17.0 Å². The maximum atomic E-state index is 12.3. The van der Waals surface area contributed by atoms with Crippen LogP contribution in [0.2, 0.25) is 0 Å². The van der Waals surface area contributed by atoms with Crippen LogP contribution in [-0.4, -0.2) is 40.8 Å². The Labute approximate surface area is 136 Å². The zero-order chi connectivity index (χ0) is 16.0. The van der Waals surface area contributed by atoms with Gasteiger partial charge in [-0.1, -0.05) is 0 Å². The molecule has 0 radical (unpaired) electrons. The summed E-state index contributed by atoms with van der Waals surface area (Å²) in [6.45, 7) is 7.76. The molecule has 2 heterocycles. The fraction of sp³-hybridized carbons (Fsp3) is 0.750. The number of thiazole rings is 1. The van der Waals surface area contributed by atoms with Gasteiger partial charge in [-0.3, -0.25) is 4.98 Å². The summed E-state index contributed by atoms with van der Waals surface area (Å²) < 4.78 is 11.2. The molecule has 1 fully saturated rings. The number of carbonyl (C=O) groups is 1. The van der Waals surface area contributed by atoms with Crippen molar-refractivity contribution in [3.63, 3.8) is 0 Å². The Morgan fingerprint density at radius 1 is 1.45 bits per heavy atom. The van der Waals surface area contributed by atoms with E-state index in [4.69, 9.17) is 9.47 Å². The number of hydrogen-bond acceptors (Lipinski definition) is 5. The molecule has 1 aliphatic heterocycles. The highest BCUT2D eigenvalue weighted by molar-refractivity contribution is 7.09. The van der Waals surface area contributed by atoms with Crippen LogP contribution in [0.4, 0.5) is 4.79 Å². The van der Waals surface area contributed by atoms with Gasteiger partial charge in [0.1, 0.15) is 5.60 Å². The maximum absolute atomic E-state index is 12.3. The Bertz CT molecular complexity index is 456. The lowest BCUT2D eigenvalue weighted by molar-refractivity contribution is 0.00387. The summed E-state index contributed by atoms with van der Waals surface area (Å²) in [5.74, 6) is 0. The second-order valence-corrected chi connectivity index (χ2v) is 7.60. The highest BCUT2D eigenvalue weighted by Gasteiger charge is 2.30. The molecular weight excluding hydrogens is 300 g/mol. The quantitative estimate of drug-likeness (QED) is 0.772. The second-order valence-electron chi connectivity index (χ2n) is 6.63. The average Bonchev–Trinajstić information content (AvgIpc) is 2.95. The zero-order valence-electron chi connectivity index (χ0n) is 13.7. The van der Waals surface area contributed by atoms with Gasteiger partial charge >= 0.3 is 6.09 Å². The van der Waals surface area contributed by atoms with Crippen LogP contribution in [-0.2, 0) is 16.1 Å². The Balaban J connectivity index is 1.77. The van der Waals surface area contributed by atoms with E-state index in [-0.39, 0.29) is 12.1 Å². The van der Waals surface area contributed by atoms with Crippen molar-refractivity contribution in [2.24, 2.45) is 0 Å². The minimum absolute atomic E-state index is 0.195. The third-order valence-electron chi connectivity index (χ3n) is 3.58. The molecule has 22 heavy (non-hydrogen) atoms. The molecule has 0 aliphatic carbocycles. The minimum Gasteiger partial charge on any atom is -0.444 e. The van der Waals surface area contributed by atoms with Crippen LogP contribution in [0.1, 0.15) is 51.3 Å². The van der Waals surface area contributed by atoms with Gasteiger partial charge in [-0.25, -0.2) is 4.79 Å². The van der Waals surface area contributed by atoms with Crippen molar-refractivity contribution in [2.45, 2.75) is 64.7 Å². The predicted octanol–water partition coefficient (Wildman–Crippen LogP) is 3.84. The monoisotopic (exact) mass is 326 g/mol. The van der Waals surface area contributed by atoms with Gasteiger partial charge in [-0.05, 0) is 46.5 Å². The van der Waals surface area contributed by atoms with Crippen molar-refractivity contribution < 1.29 is 14.3 Å². The zero-order valence-corrected chi connectivity index (χ0v) is 14.5. The summed E-state index contributed by atoms with van der Waals surface area (Å²) in [5.41, 5.74) is 1.37. The molecule has 0 spiro atoms. The van der Waals surface area contributed by atoms with Gasteiger partial charge < -0.3 is 14.4 Å². The molecule has 0 aromatic carbocycles. The summed E-state index contributed by atoms with van der Waals surface area (Å²) in [5, 5.41) is 0. The average molecular weight is 326 g/mol. The Hall–Kier alpha value is -1.14. The predicted molar refractivity (Wildman–Crippen MR) is 87.0 cm³/mol. The van der Waals surface area contributed by atoms with Crippen LogP contribution in [0.25, 0.3) is 0 Å². The van der Waals surface area contributed by atoms with Crippen molar-refractivity contribution in [3.8, 4) is 0 Å². The summed E-state index contributed by atoms with van der Waals surface area (Å²) >= 11 is 1.60. The Morgan fingerprint density at radius 3 is 2.95 bits per heavy atom. The molecule has 0 N–H and O–H groups in total. The van der Waals surface area contributed by atoms with Crippen molar-refractivity contribution in [1.82, 2.24) is 9.88 Å². The highest BCUT2D eigenvalue weighted by Crippen LogP contribution is 2.22. The van der Waals surface area contributed by atoms with Crippen molar-refractivity contribution in [1.29, 1.82) is 0 Å². The van der Waals surface area contributed by atoms with E-state index < -0.39 is 5.60 Å². The van der Waals surface area contributed by atoms with Crippen LogP contribution < -0.4 is 0 Å². The number of nitrogens with zero attached hydrogens (tertiary/aromatic N) is 2. The first kappa shape index (κ1) is 17.2. The molecule has 1 aromatic heterocycles. The first-order chi connectivity index (χ1) is 10.5. The largest absolute Gasteiger partial charge is 0.444 e. The number of likely N-dealkylation sites (tertiary alicyclic amines) is 1. The maximum Gasteiger partial charge on any atom is 0.410 e. The SMILES string of the molecule is CC(C)(C)OC(=O)N1CCCC[C@@H]1CCOCc1cncs1. The number of ether oxygens (including phenoxy) is 2. The molecule has 6 heteroatoms. The first-order valence-corrected chi connectivity index (χ1v) is 8.78. The lowest BCUT2D eigenvalue weighted by Crippen LogP contribution is -2.46. The van der Waals surface area contributed by atoms with Crippen LogP contribution in [0.3, 0.4) is 0 Å². The lowest BCUT2D eigenvalue weighted by atomic mass is 10.0. The molecule has 5 nitrogen and oxygen atoms in total. The molecule has 0 saturated carbocycles. The van der Waals surface area contributed by atoms with Gasteiger partial charge in [0.25, 0.3) is 0 Å². The first-order valence-electron chi connectivity index (χ1n) is 7.90. The second kappa shape index (κ2) is 7.92. The molecule has 1 saturated heterocycles. The number of aromatic nitrogens is 1. The topological polar surface area (TPSA) is 51.7 Å². The van der Waals surface area contributed by atoms with Gasteiger partial charge in [0.15, 0.2) is 0 Å². The highest BCUT2D eigenvalue weighted by atomic mass is 32.1. The van der Waals surface area contributed by atoms with E-state index in [2.05, 4.69) is 4.98 Å². The standard InChI is InChI=1S/C16H26N2O3S/c1-16(2,3)21-15(19)18-8-5-4-6-13(18)7-9-20-11-14-10-17-12-22-14/h10,12-13H,4-9,11H2,1-3H3/t13-/m1/s1. The van der Waals surface area contributed by atoms with Gasteiger partial charge in [-0.2, -0.15) is 0 Å². The normalized spacial score (nSPS) is 19.2. The molecule has 2 rings (SSSR count). The number of carbonyl (C=O) groups excluding carboxylic acids is 1. The van der Waals surface area contributed by atoms with Crippen molar-refractivity contribution in [2.75, 3.05) is 13.2 Å². The molecule has 0 bridgehead atoms. The summed E-state index contributed by atoms with van der Waals surface area (Å²) in [4.78, 5) is 19.3. The van der Waals surface area contributed by atoms with Crippen LogP contribution in [0.15, 0.2) is 11.7 Å². The van der Waals surface area contributed by atoms with E-state index in [9.17, 15) is 4.79 Å². The van der Waals surface area contributed by atoms with E-state index >= 15 is 0 Å². The number of hydrogen-bond donors (Lipinski definition) is 0. The lowest BCUT2D eigenvalue weighted by Gasteiger charge is -2.36. The molecule has 0 unspecified atom stereocenters. The van der Waals surface area contributed by atoms with Gasteiger partial charge in [0.2, 0.25) is 0 Å². The third kappa shape index (κ3) is 5.57. The molecule has 1 atom stereocenters. The van der Waals surface area contributed by atoms with Crippen molar-refractivity contribution >= 4 is 17.4 Å². The molecule has 124 valence electrons. The van der Waals surface area contributed by atoms with E-state index in [0.717, 1.165) is 30.7 Å². The van der Waals surface area contributed by atoms with E-state index in [0.29, 0.717) is 13.2 Å². The smallest absolute Gasteiger partial charge is 0.410 e. The van der Waals surface area contributed by atoms with Crippen LogP contribution >= 0.6 is 11.3 Å². The summed E-state index contributed by atoms with van der Waals surface area (Å²) in [6.07, 6.45) is 5.75. The molecule has 1 aliphatic rings. The summed E-state index contributed by atoms with van der Waals surface area (Å²) in [6, 6.07) is 0.227. The van der Waals surface area contributed by atoms with E-state index in [1.54, 1.807) is 11.3 Å².